The highest BCUT2D eigenvalue weighted by Crippen LogP contribution is 2.59. The minimum Gasteiger partial charge on any atom is -0.484 e. The molecule has 17 heavy (non-hydrogen) atoms. The summed E-state index contributed by atoms with van der Waals surface area (Å²) in [6, 6.07) is 0. The molecule has 0 aromatic carbocycles. The van der Waals surface area contributed by atoms with Crippen LogP contribution >= 0.6 is 0 Å². The van der Waals surface area contributed by atoms with Crippen molar-refractivity contribution < 1.29 is 14.6 Å². The van der Waals surface area contributed by atoms with Crippen LogP contribution in [-0.2, 0) is 9.53 Å². The number of ether oxygens (including phenoxy) is 1. The van der Waals surface area contributed by atoms with Crippen LogP contribution in [0.15, 0.2) is 12.3 Å². The van der Waals surface area contributed by atoms with Crippen molar-refractivity contribution in [2.45, 2.75) is 56.7 Å². The molecule has 2 atom stereocenters. The fourth-order valence-electron chi connectivity index (χ4n) is 4.58. The van der Waals surface area contributed by atoms with Crippen molar-refractivity contribution in [3.63, 3.8) is 0 Å². The van der Waals surface area contributed by atoms with E-state index >= 15 is 0 Å². The molecule has 0 aromatic rings. The first kappa shape index (κ1) is 11.3. The molecular weight excluding hydrogens is 216 g/mol. The summed E-state index contributed by atoms with van der Waals surface area (Å²) in [5.41, 5.74) is -0.845. The second kappa shape index (κ2) is 3.35. The van der Waals surface area contributed by atoms with Crippen LogP contribution in [0.2, 0.25) is 0 Å². The Morgan fingerprint density at radius 3 is 2.35 bits per heavy atom. The van der Waals surface area contributed by atoms with Gasteiger partial charge in [-0.15, -0.1) is 0 Å². The van der Waals surface area contributed by atoms with Crippen LogP contribution in [0.25, 0.3) is 0 Å². The molecule has 4 rings (SSSR count). The molecule has 3 heteroatoms. The van der Waals surface area contributed by atoms with E-state index in [1.54, 1.807) is 0 Å². The van der Waals surface area contributed by atoms with Gasteiger partial charge in [0.2, 0.25) is 0 Å². The van der Waals surface area contributed by atoms with Crippen LogP contribution in [0.3, 0.4) is 0 Å². The number of hydrogen-bond acceptors (Lipinski definition) is 3. The predicted octanol–water partition coefficient (Wildman–Crippen LogP) is 2.19. The summed E-state index contributed by atoms with van der Waals surface area (Å²) < 4.78 is 5.87. The van der Waals surface area contributed by atoms with E-state index in [9.17, 15) is 9.90 Å². The highest BCUT2D eigenvalue weighted by atomic mass is 16.5. The molecule has 0 aliphatic heterocycles. The molecule has 0 amide bonds. The molecule has 2 unspecified atom stereocenters. The topological polar surface area (TPSA) is 46.5 Å². The van der Waals surface area contributed by atoms with E-state index in [1.165, 1.54) is 13.3 Å². The number of carbonyl (C=O) groups excluding carboxylic acids is 1. The minimum absolute atomic E-state index is 0.104. The second-order valence-corrected chi connectivity index (χ2v) is 6.45. The van der Waals surface area contributed by atoms with Gasteiger partial charge in [-0.25, -0.2) is 0 Å². The van der Waals surface area contributed by atoms with Crippen LogP contribution in [-0.4, -0.2) is 22.1 Å². The third kappa shape index (κ3) is 1.81. The molecule has 4 aliphatic carbocycles. The van der Waals surface area contributed by atoms with Gasteiger partial charge in [0.25, 0.3) is 0 Å². The molecule has 4 bridgehead atoms. The van der Waals surface area contributed by atoms with Gasteiger partial charge >= 0.3 is 0 Å². The lowest BCUT2D eigenvalue weighted by atomic mass is 9.52. The van der Waals surface area contributed by atoms with Gasteiger partial charge in [-0.1, -0.05) is 6.58 Å². The zero-order valence-electron chi connectivity index (χ0n) is 10.4. The van der Waals surface area contributed by atoms with Crippen molar-refractivity contribution in [3.05, 3.63) is 12.3 Å². The van der Waals surface area contributed by atoms with E-state index in [-0.39, 0.29) is 17.1 Å². The number of carbonyl (C=O) groups is 1. The minimum atomic E-state index is -0.541. The number of hydrogen-bond donors (Lipinski definition) is 1. The SMILES string of the molecule is C=C(OC12CC3CC(CC(O)(C3)C1)C2)C(C)=O. The molecule has 1 N–H and O–H groups in total. The normalized spacial score (nSPS) is 46.9. The summed E-state index contributed by atoms with van der Waals surface area (Å²) >= 11 is 0. The molecule has 0 spiro atoms. The van der Waals surface area contributed by atoms with Crippen molar-refractivity contribution in [3.8, 4) is 0 Å². The number of allylic oxidation sites excluding steroid dienone is 1. The molecule has 4 fully saturated rings. The van der Waals surface area contributed by atoms with E-state index in [0.29, 0.717) is 18.3 Å². The zero-order valence-corrected chi connectivity index (χ0v) is 10.4. The first-order valence-electron chi connectivity index (χ1n) is 6.51. The van der Waals surface area contributed by atoms with Gasteiger partial charge in [-0.2, -0.15) is 0 Å². The van der Waals surface area contributed by atoms with Crippen LogP contribution in [0.4, 0.5) is 0 Å². The van der Waals surface area contributed by atoms with Crippen LogP contribution < -0.4 is 0 Å². The summed E-state index contributed by atoms with van der Waals surface area (Å²) in [5.74, 6) is 1.30. The maximum atomic E-state index is 11.3. The quantitative estimate of drug-likeness (QED) is 0.603. The van der Waals surface area contributed by atoms with E-state index in [1.807, 2.05) is 0 Å². The van der Waals surface area contributed by atoms with Crippen molar-refractivity contribution in [2.24, 2.45) is 11.8 Å². The fourth-order valence-corrected chi connectivity index (χ4v) is 4.58. The smallest absolute Gasteiger partial charge is 0.193 e. The Kier molecular flexibility index (Phi) is 2.22. The van der Waals surface area contributed by atoms with Gasteiger partial charge in [0.15, 0.2) is 11.5 Å². The third-order valence-electron chi connectivity index (χ3n) is 4.71. The lowest BCUT2D eigenvalue weighted by Gasteiger charge is -2.59. The Morgan fingerprint density at radius 2 is 1.88 bits per heavy atom. The Labute approximate surface area is 102 Å². The van der Waals surface area contributed by atoms with Gasteiger partial charge < -0.3 is 9.84 Å². The molecule has 0 aromatic heterocycles. The van der Waals surface area contributed by atoms with Gasteiger partial charge in [0.05, 0.1) is 5.60 Å². The predicted molar refractivity (Wildman–Crippen MR) is 63.3 cm³/mol. The maximum absolute atomic E-state index is 11.3. The van der Waals surface area contributed by atoms with Crippen LogP contribution in [0.1, 0.15) is 45.4 Å². The van der Waals surface area contributed by atoms with Gasteiger partial charge in [0.1, 0.15) is 5.60 Å². The van der Waals surface area contributed by atoms with E-state index in [2.05, 4.69) is 6.58 Å². The molecule has 0 saturated heterocycles. The maximum Gasteiger partial charge on any atom is 0.193 e. The summed E-state index contributed by atoms with van der Waals surface area (Å²) in [6.07, 6.45) is 5.71. The van der Waals surface area contributed by atoms with Gasteiger partial charge in [-0.3, -0.25) is 4.79 Å². The average Bonchev–Trinajstić information content (AvgIpc) is 2.11. The summed E-state index contributed by atoms with van der Waals surface area (Å²) in [5, 5.41) is 10.5. The van der Waals surface area contributed by atoms with Crippen molar-refractivity contribution in [1.29, 1.82) is 0 Å². The van der Waals surface area contributed by atoms with Crippen LogP contribution in [0, 0.1) is 11.8 Å². The Balaban J connectivity index is 1.83. The van der Waals surface area contributed by atoms with Crippen molar-refractivity contribution in [2.75, 3.05) is 0 Å². The van der Waals surface area contributed by atoms with Crippen molar-refractivity contribution in [1.82, 2.24) is 0 Å². The van der Waals surface area contributed by atoms with E-state index in [0.717, 1.165) is 25.7 Å². The van der Waals surface area contributed by atoms with Gasteiger partial charge in [0, 0.05) is 13.3 Å². The monoisotopic (exact) mass is 236 g/mol. The molecular formula is C14H20O3. The molecule has 0 radical (unpaired) electrons. The second-order valence-electron chi connectivity index (χ2n) is 6.45. The largest absolute Gasteiger partial charge is 0.484 e. The number of aliphatic hydroxyl groups is 1. The lowest BCUT2D eigenvalue weighted by Crippen LogP contribution is -2.59. The zero-order chi connectivity index (χ0) is 12.3. The molecule has 4 saturated carbocycles. The molecule has 0 heterocycles. The lowest BCUT2D eigenvalue weighted by molar-refractivity contribution is -0.206. The summed E-state index contributed by atoms with van der Waals surface area (Å²) in [4.78, 5) is 11.3. The fraction of sp³-hybridized carbons (Fsp3) is 0.786. The number of ketones is 1. The Morgan fingerprint density at radius 1 is 1.29 bits per heavy atom. The highest BCUT2D eigenvalue weighted by molar-refractivity contribution is 5.90. The summed E-state index contributed by atoms with van der Waals surface area (Å²) in [6.45, 7) is 5.18. The first-order valence-corrected chi connectivity index (χ1v) is 6.51. The van der Waals surface area contributed by atoms with Crippen LogP contribution in [0.5, 0.6) is 0 Å². The van der Waals surface area contributed by atoms with E-state index in [4.69, 9.17) is 4.74 Å². The molecule has 3 nitrogen and oxygen atoms in total. The van der Waals surface area contributed by atoms with E-state index < -0.39 is 5.60 Å². The Hall–Kier alpha value is -0.830. The third-order valence-corrected chi connectivity index (χ3v) is 4.71. The summed E-state index contributed by atoms with van der Waals surface area (Å²) in [7, 11) is 0. The standard InChI is InChI=1S/C14H20O3/c1-9(15)10(2)17-14-6-11-3-12(7-14)5-13(16,4-11)8-14/h11-12,16H,2-8H2,1H3. The number of Topliss-reactive ketones (excluding diaryl/α,β-unsaturated/α-hetero) is 1. The average molecular weight is 236 g/mol. The first-order chi connectivity index (χ1) is 7.90. The molecule has 4 aliphatic rings. The van der Waals surface area contributed by atoms with Gasteiger partial charge in [-0.05, 0) is 43.9 Å². The molecule has 94 valence electrons. The highest BCUT2D eigenvalue weighted by Gasteiger charge is 2.58. The Bertz CT molecular complexity index is 371. The van der Waals surface area contributed by atoms with Crippen molar-refractivity contribution >= 4 is 5.78 Å². The number of rotatable bonds is 3.